The first kappa shape index (κ1) is 21.0. The normalized spacial score (nSPS) is 16.3. The Balaban J connectivity index is 1.37. The average molecular weight is 418 g/mol. The number of fused-ring (bicyclic) bond motifs is 1. The molecule has 1 aromatic heterocycles. The molecule has 3 aromatic rings. The van der Waals surface area contributed by atoms with Crippen LogP contribution in [0.4, 0.5) is 0 Å². The van der Waals surface area contributed by atoms with Crippen molar-refractivity contribution >= 4 is 5.97 Å². The standard InChI is InChI=1S/C25H26N2O4/c1-16-11-19(25(29)30)5-8-22(16)17-6-9-24-18(12-17)4-7-21(31-24)14-27-15-23(28)20-3-2-10-26-13-20/h2-3,5-6,8-13,21,23,27-28H,4,7,14-15H2,1H3,(H,29,30). The molecule has 1 aliphatic rings. The Hall–Kier alpha value is -3.22. The third kappa shape index (κ3) is 4.93. The predicted molar refractivity (Wildman–Crippen MR) is 118 cm³/mol. The molecule has 0 radical (unpaired) electrons. The molecule has 3 N–H and O–H groups in total. The minimum Gasteiger partial charge on any atom is -0.489 e. The van der Waals surface area contributed by atoms with Gasteiger partial charge in [0.15, 0.2) is 0 Å². The zero-order chi connectivity index (χ0) is 21.8. The molecule has 31 heavy (non-hydrogen) atoms. The van der Waals surface area contributed by atoms with Crippen LogP contribution in [0.1, 0.15) is 39.6 Å². The van der Waals surface area contributed by atoms with Crippen LogP contribution in [0.25, 0.3) is 11.1 Å². The second kappa shape index (κ2) is 9.29. The lowest BCUT2D eigenvalue weighted by atomic mass is 9.94. The molecule has 0 saturated carbocycles. The molecule has 2 atom stereocenters. The minimum absolute atomic E-state index is 0.0519. The molecule has 2 unspecified atom stereocenters. The van der Waals surface area contributed by atoms with Crippen molar-refractivity contribution in [2.75, 3.05) is 13.1 Å². The molecule has 0 fully saturated rings. The fourth-order valence-corrected chi connectivity index (χ4v) is 3.95. The Labute approximate surface area is 181 Å². The molecule has 0 spiro atoms. The lowest BCUT2D eigenvalue weighted by Crippen LogP contribution is -2.36. The number of rotatable bonds is 7. The predicted octanol–water partition coefficient (Wildman–Crippen LogP) is 3.77. The summed E-state index contributed by atoms with van der Waals surface area (Å²) in [5, 5.41) is 22.7. The topological polar surface area (TPSA) is 91.7 Å². The summed E-state index contributed by atoms with van der Waals surface area (Å²) in [6.07, 6.45) is 4.62. The van der Waals surface area contributed by atoms with Gasteiger partial charge in [-0.05, 0) is 72.4 Å². The lowest BCUT2D eigenvalue weighted by Gasteiger charge is -2.27. The molecule has 6 heteroatoms. The summed E-state index contributed by atoms with van der Waals surface area (Å²) in [6, 6.07) is 15.0. The number of nitrogens with zero attached hydrogens (tertiary/aromatic N) is 1. The van der Waals surface area contributed by atoms with Crippen molar-refractivity contribution in [3.8, 4) is 16.9 Å². The van der Waals surface area contributed by atoms with Gasteiger partial charge in [0.1, 0.15) is 11.9 Å². The summed E-state index contributed by atoms with van der Waals surface area (Å²) in [5.74, 6) is -0.0319. The number of pyridine rings is 1. The largest absolute Gasteiger partial charge is 0.489 e. The summed E-state index contributed by atoms with van der Waals surface area (Å²) in [6.45, 7) is 3.04. The number of aromatic nitrogens is 1. The third-order valence-corrected chi connectivity index (χ3v) is 5.65. The van der Waals surface area contributed by atoms with Crippen LogP contribution in [0, 0.1) is 6.92 Å². The number of nitrogens with one attached hydrogen (secondary N) is 1. The zero-order valence-electron chi connectivity index (χ0n) is 17.4. The van der Waals surface area contributed by atoms with Crippen LogP contribution < -0.4 is 10.1 Å². The van der Waals surface area contributed by atoms with Gasteiger partial charge in [0.2, 0.25) is 0 Å². The van der Waals surface area contributed by atoms with Gasteiger partial charge >= 0.3 is 5.97 Å². The number of hydrogen-bond acceptors (Lipinski definition) is 5. The molecule has 1 aliphatic heterocycles. The van der Waals surface area contributed by atoms with Crippen molar-refractivity contribution in [2.24, 2.45) is 0 Å². The zero-order valence-corrected chi connectivity index (χ0v) is 17.4. The van der Waals surface area contributed by atoms with Gasteiger partial charge < -0.3 is 20.3 Å². The first-order valence-corrected chi connectivity index (χ1v) is 10.4. The van der Waals surface area contributed by atoms with Crippen molar-refractivity contribution < 1.29 is 19.7 Å². The molecular formula is C25H26N2O4. The Morgan fingerprint density at radius 2 is 2.13 bits per heavy atom. The van der Waals surface area contributed by atoms with Gasteiger partial charge in [-0.25, -0.2) is 4.79 Å². The van der Waals surface area contributed by atoms with Gasteiger partial charge in [-0.3, -0.25) is 4.98 Å². The molecule has 2 heterocycles. The number of benzene rings is 2. The Morgan fingerprint density at radius 3 is 2.87 bits per heavy atom. The number of carbonyl (C=O) groups is 1. The number of aliphatic hydroxyl groups is 1. The number of carboxylic acids is 1. The highest BCUT2D eigenvalue weighted by molar-refractivity contribution is 5.89. The van der Waals surface area contributed by atoms with Crippen LogP contribution in [-0.4, -0.2) is 40.4 Å². The van der Waals surface area contributed by atoms with E-state index in [1.54, 1.807) is 24.5 Å². The number of hydrogen-bond donors (Lipinski definition) is 3. The fraction of sp³-hybridized carbons (Fsp3) is 0.280. The van der Waals surface area contributed by atoms with Crippen molar-refractivity contribution in [3.05, 3.63) is 83.2 Å². The van der Waals surface area contributed by atoms with Gasteiger partial charge in [-0.2, -0.15) is 0 Å². The Kier molecular flexibility index (Phi) is 6.30. The highest BCUT2D eigenvalue weighted by Gasteiger charge is 2.21. The number of ether oxygens (including phenoxy) is 1. The van der Waals surface area contributed by atoms with Gasteiger partial charge in [-0.1, -0.05) is 18.2 Å². The van der Waals surface area contributed by atoms with Crippen LogP contribution in [0.3, 0.4) is 0 Å². The first-order valence-electron chi connectivity index (χ1n) is 10.4. The summed E-state index contributed by atoms with van der Waals surface area (Å²) >= 11 is 0. The quantitative estimate of drug-likeness (QED) is 0.541. The summed E-state index contributed by atoms with van der Waals surface area (Å²) in [4.78, 5) is 15.2. The van der Waals surface area contributed by atoms with Gasteiger partial charge in [0, 0.05) is 31.0 Å². The third-order valence-electron chi connectivity index (χ3n) is 5.65. The number of aryl methyl sites for hydroxylation is 2. The van der Waals surface area contributed by atoms with Crippen molar-refractivity contribution in [2.45, 2.75) is 32.0 Å². The molecule has 0 saturated heterocycles. The van der Waals surface area contributed by atoms with Crippen molar-refractivity contribution in [1.82, 2.24) is 10.3 Å². The Morgan fingerprint density at radius 1 is 1.26 bits per heavy atom. The fourth-order valence-electron chi connectivity index (χ4n) is 3.95. The molecule has 2 aromatic carbocycles. The maximum Gasteiger partial charge on any atom is 0.335 e. The van der Waals surface area contributed by atoms with Crippen LogP contribution in [0.15, 0.2) is 60.9 Å². The van der Waals surface area contributed by atoms with E-state index in [0.717, 1.165) is 46.4 Å². The SMILES string of the molecule is Cc1cc(C(=O)O)ccc1-c1ccc2c(c1)CCC(CNCC(O)c1cccnc1)O2. The van der Waals surface area contributed by atoms with E-state index in [1.165, 1.54) is 0 Å². The minimum atomic E-state index is -0.916. The molecule has 0 aliphatic carbocycles. The average Bonchev–Trinajstić information content (AvgIpc) is 2.79. The lowest BCUT2D eigenvalue weighted by molar-refractivity contribution is 0.0696. The van der Waals surface area contributed by atoms with Crippen LogP contribution in [-0.2, 0) is 6.42 Å². The highest BCUT2D eigenvalue weighted by Crippen LogP contribution is 2.33. The molecule has 0 amide bonds. The molecule has 6 nitrogen and oxygen atoms in total. The van der Waals surface area contributed by atoms with Crippen LogP contribution >= 0.6 is 0 Å². The smallest absolute Gasteiger partial charge is 0.335 e. The van der Waals surface area contributed by atoms with E-state index in [2.05, 4.69) is 16.4 Å². The molecular weight excluding hydrogens is 392 g/mol. The maximum atomic E-state index is 11.2. The van der Waals surface area contributed by atoms with Crippen LogP contribution in [0.2, 0.25) is 0 Å². The molecule has 160 valence electrons. The van der Waals surface area contributed by atoms with E-state index in [4.69, 9.17) is 9.84 Å². The second-order valence-electron chi connectivity index (χ2n) is 7.90. The maximum absolute atomic E-state index is 11.2. The summed E-state index contributed by atoms with van der Waals surface area (Å²) in [7, 11) is 0. The first-order chi connectivity index (χ1) is 15.0. The van der Waals surface area contributed by atoms with E-state index in [9.17, 15) is 9.90 Å². The number of carboxylic acid groups (broad SMARTS) is 1. The van der Waals surface area contributed by atoms with E-state index in [0.29, 0.717) is 18.7 Å². The van der Waals surface area contributed by atoms with E-state index >= 15 is 0 Å². The van der Waals surface area contributed by atoms with E-state index in [1.807, 2.05) is 37.3 Å². The van der Waals surface area contributed by atoms with Crippen LogP contribution in [0.5, 0.6) is 5.75 Å². The number of aliphatic hydroxyl groups excluding tert-OH is 1. The van der Waals surface area contributed by atoms with Gasteiger partial charge in [0.05, 0.1) is 11.7 Å². The van der Waals surface area contributed by atoms with E-state index < -0.39 is 12.1 Å². The van der Waals surface area contributed by atoms with Gasteiger partial charge in [-0.15, -0.1) is 0 Å². The number of aromatic carboxylic acids is 1. The van der Waals surface area contributed by atoms with E-state index in [-0.39, 0.29) is 6.10 Å². The van der Waals surface area contributed by atoms with Crippen molar-refractivity contribution in [1.29, 1.82) is 0 Å². The molecule has 4 rings (SSSR count). The summed E-state index contributed by atoms with van der Waals surface area (Å²) < 4.78 is 6.16. The summed E-state index contributed by atoms with van der Waals surface area (Å²) in [5.41, 5.74) is 5.28. The Bertz CT molecular complexity index is 1070. The molecule has 0 bridgehead atoms. The second-order valence-corrected chi connectivity index (χ2v) is 7.90. The monoisotopic (exact) mass is 418 g/mol. The van der Waals surface area contributed by atoms with Gasteiger partial charge in [0.25, 0.3) is 0 Å². The highest BCUT2D eigenvalue weighted by atomic mass is 16.5. The van der Waals surface area contributed by atoms with Crippen molar-refractivity contribution in [3.63, 3.8) is 0 Å².